The van der Waals surface area contributed by atoms with Crippen molar-refractivity contribution in [3.05, 3.63) is 30.1 Å². The quantitative estimate of drug-likeness (QED) is 0.723. The standard InChI is InChI=1S/C11H17FN2/c1-4-11(2,3)14-13-10-7-5-9(12)6-8-10/h5-8,13-14H,4H2,1-3H3. The predicted molar refractivity (Wildman–Crippen MR) is 57.5 cm³/mol. The zero-order valence-electron chi connectivity index (χ0n) is 8.89. The molecule has 1 rings (SSSR count). The molecule has 0 atom stereocenters. The molecule has 0 radical (unpaired) electrons. The molecule has 0 unspecified atom stereocenters. The fourth-order valence-corrected chi connectivity index (χ4v) is 0.863. The lowest BCUT2D eigenvalue weighted by Crippen LogP contribution is -2.42. The SMILES string of the molecule is CCC(C)(C)NNc1ccc(F)cc1. The zero-order valence-corrected chi connectivity index (χ0v) is 8.89. The van der Waals surface area contributed by atoms with Gasteiger partial charge in [-0.3, -0.25) is 0 Å². The van der Waals surface area contributed by atoms with Gasteiger partial charge in [-0.2, -0.15) is 0 Å². The number of rotatable bonds is 4. The lowest BCUT2D eigenvalue weighted by atomic mass is 10.0. The highest BCUT2D eigenvalue weighted by Gasteiger charge is 2.12. The van der Waals surface area contributed by atoms with Crippen LogP contribution in [0.15, 0.2) is 24.3 Å². The first kappa shape index (κ1) is 11.0. The first-order valence-corrected chi connectivity index (χ1v) is 4.82. The molecule has 0 spiro atoms. The highest BCUT2D eigenvalue weighted by Crippen LogP contribution is 2.10. The van der Waals surface area contributed by atoms with E-state index in [0.29, 0.717) is 0 Å². The van der Waals surface area contributed by atoms with Gasteiger partial charge in [0.25, 0.3) is 0 Å². The fourth-order valence-electron chi connectivity index (χ4n) is 0.863. The second kappa shape index (κ2) is 4.42. The van der Waals surface area contributed by atoms with Crippen LogP contribution in [0.5, 0.6) is 0 Å². The predicted octanol–water partition coefficient (Wildman–Crippen LogP) is 2.93. The molecule has 3 heteroatoms. The van der Waals surface area contributed by atoms with Crippen molar-refractivity contribution in [1.29, 1.82) is 0 Å². The first-order chi connectivity index (χ1) is 6.53. The molecule has 2 N–H and O–H groups in total. The highest BCUT2D eigenvalue weighted by molar-refractivity contribution is 5.41. The van der Waals surface area contributed by atoms with E-state index in [0.717, 1.165) is 12.1 Å². The molecular formula is C11H17FN2. The third kappa shape index (κ3) is 3.34. The third-order valence-corrected chi connectivity index (χ3v) is 2.27. The summed E-state index contributed by atoms with van der Waals surface area (Å²) >= 11 is 0. The van der Waals surface area contributed by atoms with E-state index in [4.69, 9.17) is 0 Å². The number of hydrogen-bond acceptors (Lipinski definition) is 2. The van der Waals surface area contributed by atoms with E-state index in [9.17, 15) is 4.39 Å². The van der Waals surface area contributed by atoms with Crippen LogP contribution < -0.4 is 10.9 Å². The largest absolute Gasteiger partial charge is 0.321 e. The highest BCUT2D eigenvalue weighted by atomic mass is 19.1. The van der Waals surface area contributed by atoms with E-state index in [1.807, 2.05) is 0 Å². The Kier molecular flexibility index (Phi) is 3.47. The average Bonchev–Trinajstić information content (AvgIpc) is 2.17. The number of hydrogen-bond donors (Lipinski definition) is 2. The minimum atomic E-state index is -0.217. The van der Waals surface area contributed by atoms with Crippen LogP contribution in [0.3, 0.4) is 0 Å². The average molecular weight is 196 g/mol. The summed E-state index contributed by atoms with van der Waals surface area (Å²) in [5.41, 5.74) is 7.12. The fraction of sp³-hybridized carbons (Fsp3) is 0.455. The molecular weight excluding hydrogens is 179 g/mol. The van der Waals surface area contributed by atoms with Gasteiger partial charge in [0.05, 0.1) is 0 Å². The smallest absolute Gasteiger partial charge is 0.123 e. The summed E-state index contributed by atoms with van der Waals surface area (Å²) in [4.78, 5) is 0. The van der Waals surface area contributed by atoms with Crippen molar-refractivity contribution in [1.82, 2.24) is 5.43 Å². The molecule has 78 valence electrons. The van der Waals surface area contributed by atoms with Gasteiger partial charge >= 0.3 is 0 Å². The Morgan fingerprint density at radius 3 is 2.29 bits per heavy atom. The molecule has 0 bridgehead atoms. The summed E-state index contributed by atoms with van der Waals surface area (Å²) in [6, 6.07) is 6.27. The number of anilines is 1. The first-order valence-electron chi connectivity index (χ1n) is 4.82. The van der Waals surface area contributed by atoms with Crippen LogP contribution in [0.1, 0.15) is 27.2 Å². The lowest BCUT2D eigenvalue weighted by molar-refractivity contribution is 0.408. The van der Waals surface area contributed by atoms with Crippen molar-refractivity contribution < 1.29 is 4.39 Å². The van der Waals surface area contributed by atoms with Crippen molar-refractivity contribution in [2.24, 2.45) is 0 Å². The summed E-state index contributed by atoms with van der Waals surface area (Å²) < 4.78 is 12.6. The van der Waals surface area contributed by atoms with Crippen molar-refractivity contribution in [2.75, 3.05) is 5.43 Å². The van der Waals surface area contributed by atoms with E-state index < -0.39 is 0 Å². The normalized spacial score (nSPS) is 11.4. The summed E-state index contributed by atoms with van der Waals surface area (Å²) in [6.45, 7) is 6.31. The molecule has 0 saturated carbocycles. The second-order valence-electron chi connectivity index (χ2n) is 3.99. The Morgan fingerprint density at radius 1 is 1.21 bits per heavy atom. The van der Waals surface area contributed by atoms with Crippen LogP contribution in [-0.2, 0) is 0 Å². The Labute approximate surface area is 84.5 Å². The van der Waals surface area contributed by atoms with Crippen LogP contribution in [0.25, 0.3) is 0 Å². The molecule has 0 fully saturated rings. The maximum Gasteiger partial charge on any atom is 0.123 e. The van der Waals surface area contributed by atoms with Crippen LogP contribution in [0, 0.1) is 5.82 Å². The molecule has 1 aromatic carbocycles. The molecule has 0 heterocycles. The van der Waals surface area contributed by atoms with Crippen LogP contribution in [0.2, 0.25) is 0 Å². The molecule has 0 amide bonds. The molecule has 0 aliphatic rings. The molecule has 2 nitrogen and oxygen atoms in total. The van der Waals surface area contributed by atoms with Gasteiger partial charge in [-0.15, -0.1) is 0 Å². The number of halogens is 1. The van der Waals surface area contributed by atoms with Crippen LogP contribution in [-0.4, -0.2) is 5.54 Å². The molecule has 0 aromatic heterocycles. The van der Waals surface area contributed by atoms with Crippen molar-refractivity contribution in [3.8, 4) is 0 Å². The molecule has 14 heavy (non-hydrogen) atoms. The van der Waals surface area contributed by atoms with Gasteiger partial charge in [0, 0.05) is 11.2 Å². The van der Waals surface area contributed by atoms with Gasteiger partial charge in [0.2, 0.25) is 0 Å². The lowest BCUT2D eigenvalue weighted by Gasteiger charge is -2.25. The maximum absolute atomic E-state index is 12.6. The Hall–Kier alpha value is -1.09. The number of nitrogens with one attached hydrogen (secondary N) is 2. The number of benzene rings is 1. The van der Waals surface area contributed by atoms with E-state index in [1.54, 1.807) is 12.1 Å². The van der Waals surface area contributed by atoms with Gasteiger partial charge in [-0.1, -0.05) is 6.92 Å². The topological polar surface area (TPSA) is 24.1 Å². The number of hydrazine groups is 1. The van der Waals surface area contributed by atoms with Gasteiger partial charge < -0.3 is 5.43 Å². The molecule has 0 aliphatic heterocycles. The molecule has 0 aliphatic carbocycles. The van der Waals surface area contributed by atoms with Crippen molar-refractivity contribution in [2.45, 2.75) is 32.7 Å². The maximum atomic E-state index is 12.6. The monoisotopic (exact) mass is 196 g/mol. The summed E-state index contributed by atoms with van der Waals surface area (Å²) in [5, 5.41) is 0. The zero-order chi connectivity index (χ0) is 10.6. The molecule has 0 saturated heterocycles. The Bertz CT molecular complexity index is 280. The minimum absolute atomic E-state index is 0.0361. The van der Waals surface area contributed by atoms with Crippen molar-refractivity contribution >= 4 is 5.69 Å². The summed E-state index contributed by atoms with van der Waals surface area (Å²) in [5.74, 6) is -0.217. The third-order valence-electron chi connectivity index (χ3n) is 2.27. The van der Waals surface area contributed by atoms with Gasteiger partial charge in [0.15, 0.2) is 0 Å². The van der Waals surface area contributed by atoms with Gasteiger partial charge in [-0.25, -0.2) is 9.82 Å². The Balaban J connectivity index is 2.50. The van der Waals surface area contributed by atoms with Gasteiger partial charge in [-0.05, 0) is 44.5 Å². The minimum Gasteiger partial charge on any atom is -0.321 e. The van der Waals surface area contributed by atoms with E-state index in [-0.39, 0.29) is 11.4 Å². The van der Waals surface area contributed by atoms with E-state index in [1.165, 1.54) is 12.1 Å². The van der Waals surface area contributed by atoms with E-state index in [2.05, 4.69) is 31.6 Å². The second-order valence-corrected chi connectivity index (χ2v) is 3.99. The van der Waals surface area contributed by atoms with Gasteiger partial charge in [0.1, 0.15) is 5.82 Å². The van der Waals surface area contributed by atoms with E-state index >= 15 is 0 Å². The van der Waals surface area contributed by atoms with Crippen LogP contribution >= 0.6 is 0 Å². The van der Waals surface area contributed by atoms with Crippen molar-refractivity contribution in [3.63, 3.8) is 0 Å². The molecule has 1 aromatic rings. The van der Waals surface area contributed by atoms with Crippen LogP contribution in [0.4, 0.5) is 10.1 Å². The summed E-state index contributed by atoms with van der Waals surface area (Å²) in [7, 11) is 0. The Morgan fingerprint density at radius 2 is 1.79 bits per heavy atom. The summed E-state index contributed by atoms with van der Waals surface area (Å²) in [6.07, 6.45) is 1.02.